The summed E-state index contributed by atoms with van der Waals surface area (Å²) in [5.74, 6) is -0.0179. The van der Waals surface area contributed by atoms with Crippen LogP contribution in [0.25, 0.3) is 0 Å². The molecule has 0 saturated heterocycles. The lowest BCUT2D eigenvalue weighted by atomic mass is 10.1. The van der Waals surface area contributed by atoms with Crippen molar-refractivity contribution >= 4 is 29.3 Å². The zero-order chi connectivity index (χ0) is 18.9. The first kappa shape index (κ1) is 20.0. The third kappa shape index (κ3) is 5.61. The first-order valence-electron chi connectivity index (χ1n) is 8.38. The Bertz CT molecular complexity index is 777. The molecule has 0 radical (unpaired) electrons. The van der Waals surface area contributed by atoms with Gasteiger partial charge < -0.3 is 15.4 Å². The number of methoxy groups -OCH3 is 1. The Morgan fingerprint density at radius 3 is 2.62 bits per heavy atom. The molecule has 5 nitrogen and oxygen atoms in total. The molecule has 0 bridgehead atoms. The van der Waals surface area contributed by atoms with Crippen LogP contribution in [0.15, 0.2) is 47.4 Å². The number of aryl methyl sites for hydroxylation is 1. The summed E-state index contributed by atoms with van der Waals surface area (Å²) >= 11 is 1.35. The second kappa shape index (κ2) is 9.99. The predicted molar refractivity (Wildman–Crippen MR) is 106 cm³/mol. The number of benzene rings is 2. The van der Waals surface area contributed by atoms with Gasteiger partial charge in [-0.3, -0.25) is 9.59 Å². The van der Waals surface area contributed by atoms with Crippen LogP contribution in [-0.2, 0) is 9.53 Å². The van der Waals surface area contributed by atoms with Crippen LogP contribution in [0.4, 0.5) is 5.69 Å². The molecule has 0 aliphatic heterocycles. The predicted octanol–water partition coefficient (Wildman–Crippen LogP) is 3.41. The lowest BCUT2D eigenvalue weighted by molar-refractivity contribution is -0.118. The molecule has 0 heterocycles. The van der Waals surface area contributed by atoms with Crippen molar-refractivity contribution in [3.63, 3.8) is 0 Å². The Morgan fingerprint density at radius 2 is 1.85 bits per heavy atom. The van der Waals surface area contributed by atoms with Gasteiger partial charge in [-0.15, -0.1) is 11.8 Å². The van der Waals surface area contributed by atoms with E-state index in [1.807, 2.05) is 50.2 Å². The quantitative estimate of drug-likeness (QED) is 0.550. The smallest absolute Gasteiger partial charge is 0.256 e. The molecule has 0 aliphatic rings. The van der Waals surface area contributed by atoms with Crippen molar-refractivity contribution < 1.29 is 14.3 Å². The van der Waals surface area contributed by atoms with Gasteiger partial charge in [-0.25, -0.2) is 0 Å². The molecule has 6 heteroatoms. The van der Waals surface area contributed by atoms with E-state index in [9.17, 15) is 9.59 Å². The van der Waals surface area contributed by atoms with Crippen molar-refractivity contribution in [1.29, 1.82) is 0 Å². The van der Waals surface area contributed by atoms with E-state index in [0.29, 0.717) is 18.7 Å². The highest BCUT2D eigenvalue weighted by atomic mass is 32.2. The van der Waals surface area contributed by atoms with Gasteiger partial charge in [0.25, 0.3) is 5.91 Å². The molecule has 2 aromatic carbocycles. The molecule has 2 amide bonds. The summed E-state index contributed by atoms with van der Waals surface area (Å²) in [4.78, 5) is 25.3. The fourth-order valence-electron chi connectivity index (χ4n) is 2.34. The van der Waals surface area contributed by atoms with Crippen LogP contribution in [-0.4, -0.2) is 37.8 Å². The number of hydrogen-bond acceptors (Lipinski definition) is 4. The monoisotopic (exact) mass is 372 g/mol. The Kier molecular flexibility index (Phi) is 7.69. The Labute approximate surface area is 158 Å². The standard InChI is InChI=1S/C20H24N2O3S/c1-14-7-6-9-17(15(14)2)22-20(24)16-8-4-5-10-18(16)26-13-19(23)21-11-12-25-3/h4-10H,11-13H2,1-3H3,(H,21,23)(H,22,24). The van der Waals surface area contributed by atoms with Gasteiger partial charge in [0.1, 0.15) is 0 Å². The van der Waals surface area contributed by atoms with Gasteiger partial charge in [0.15, 0.2) is 0 Å². The summed E-state index contributed by atoms with van der Waals surface area (Å²) in [7, 11) is 1.59. The molecule has 26 heavy (non-hydrogen) atoms. The number of rotatable bonds is 8. The van der Waals surface area contributed by atoms with Crippen LogP contribution in [0.3, 0.4) is 0 Å². The van der Waals surface area contributed by atoms with Crippen LogP contribution in [0.1, 0.15) is 21.5 Å². The molecule has 2 aromatic rings. The van der Waals surface area contributed by atoms with Crippen molar-refractivity contribution in [1.82, 2.24) is 5.32 Å². The number of nitrogens with one attached hydrogen (secondary N) is 2. The number of carbonyl (C=O) groups excluding carboxylic acids is 2. The molecular weight excluding hydrogens is 348 g/mol. The van der Waals surface area contributed by atoms with Crippen LogP contribution in [0.5, 0.6) is 0 Å². The number of thioether (sulfide) groups is 1. The van der Waals surface area contributed by atoms with E-state index in [1.165, 1.54) is 11.8 Å². The first-order valence-corrected chi connectivity index (χ1v) is 9.36. The molecule has 0 saturated carbocycles. The summed E-state index contributed by atoms with van der Waals surface area (Å²) in [6.07, 6.45) is 0. The zero-order valence-electron chi connectivity index (χ0n) is 15.3. The number of carbonyl (C=O) groups is 2. The van der Waals surface area contributed by atoms with Crippen LogP contribution < -0.4 is 10.6 Å². The van der Waals surface area contributed by atoms with Gasteiger partial charge in [-0.05, 0) is 43.2 Å². The first-order chi connectivity index (χ1) is 12.5. The molecule has 2 rings (SSSR count). The van der Waals surface area contributed by atoms with Crippen molar-refractivity contribution in [2.75, 3.05) is 31.3 Å². The van der Waals surface area contributed by atoms with Gasteiger partial charge in [0.2, 0.25) is 5.91 Å². The van der Waals surface area contributed by atoms with Crippen molar-refractivity contribution in [3.05, 3.63) is 59.2 Å². The van der Waals surface area contributed by atoms with Crippen LogP contribution in [0, 0.1) is 13.8 Å². The van der Waals surface area contributed by atoms with Gasteiger partial charge in [-0.2, -0.15) is 0 Å². The maximum Gasteiger partial charge on any atom is 0.256 e. The number of amides is 2. The van der Waals surface area contributed by atoms with E-state index < -0.39 is 0 Å². The highest BCUT2D eigenvalue weighted by molar-refractivity contribution is 8.00. The maximum absolute atomic E-state index is 12.7. The summed E-state index contributed by atoms with van der Waals surface area (Å²) in [6, 6.07) is 13.1. The second-order valence-corrected chi connectivity index (χ2v) is 6.85. The molecule has 0 atom stereocenters. The number of ether oxygens (including phenoxy) is 1. The maximum atomic E-state index is 12.7. The third-order valence-corrected chi connectivity index (χ3v) is 5.05. The van der Waals surface area contributed by atoms with Gasteiger partial charge in [0, 0.05) is 24.2 Å². The second-order valence-electron chi connectivity index (χ2n) is 5.83. The SMILES string of the molecule is COCCNC(=O)CSc1ccccc1C(=O)Nc1cccc(C)c1C. The molecule has 138 valence electrons. The third-order valence-electron chi connectivity index (χ3n) is 3.97. The van der Waals surface area contributed by atoms with Crippen molar-refractivity contribution in [2.24, 2.45) is 0 Å². The topological polar surface area (TPSA) is 67.4 Å². The fourth-order valence-corrected chi connectivity index (χ4v) is 3.22. The summed E-state index contributed by atoms with van der Waals surface area (Å²) < 4.78 is 4.91. The average molecular weight is 372 g/mol. The fraction of sp³-hybridized carbons (Fsp3) is 0.300. The van der Waals surface area contributed by atoms with Gasteiger partial charge in [0.05, 0.1) is 17.9 Å². The highest BCUT2D eigenvalue weighted by Crippen LogP contribution is 2.25. The molecule has 0 aromatic heterocycles. The average Bonchev–Trinajstić information content (AvgIpc) is 2.64. The van der Waals surface area contributed by atoms with E-state index in [1.54, 1.807) is 13.2 Å². The lowest BCUT2D eigenvalue weighted by Gasteiger charge is -2.13. The Hall–Kier alpha value is -2.31. The van der Waals surface area contributed by atoms with Gasteiger partial charge >= 0.3 is 0 Å². The van der Waals surface area contributed by atoms with Crippen LogP contribution >= 0.6 is 11.8 Å². The summed E-state index contributed by atoms with van der Waals surface area (Å²) in [5, 5.41) is 5.74. The number of hydrogen-bond donors (Lipinski definition) is 2. The summed E-state index contributed by atoms with van der Waals surface area (Å²) in [6.45, 7) is 4.95. The van der Waals surface area contributed by atoms with E-state index in [-0.39, 0.29) is 17.6 Å². The van der Waals surface area contributed by atoms with E-state index in [4.69, 9.17) is 4.74 Å². The molecule has 0 aliphatic carbocycles. The minimum Gasteiger partial charge on any atom is -0.383 e. The normalized spacial score (nSPS) is 10.4. The van der Waals surface area contributed by atoms with E-state index >= 15 is 0 Å². The van der Waals surface area contributed by atoms with Crippen LogP contribution in [0.2, 0.25) is 0 Å². The molecule has 0 spiro atoms. The molecular formula is C20H24N2O3S. The Morgan fingerprint density at radius 1 is 1.08 bits per heavy atom. The minimum absolute atomic E-state index is 0.0863. The van der Waals surface area contributed by atoms with Crippen molar-refractivity contribution in [3.8, 4) is 0 Å². The Balaban J connectivity index is 2.04. The van der Waals surface area contributed by atoms with E-state index in [0.717, 1.165) is 21.7 Å². The molecule has 2 N–H and O–H groups in total. The minimum atomic E-state index is -0.179. The van der Waals surface area contributed by atoms with E-state index in [2.05, 4.69) is 10.6 Å². The lowest BCUT2D eigenvalue weighted by Crippen LogP contribution is -2.28. The van der Waals surface area contributed by atoms with Gasteiger partial charge in [-0.1, -0.05) is 24.3 Å². The largest absolute Gasteiger partial charge is 0.383 e. The summed E-state index contributed by atoms with van der Waals surface area (Å²) in [5.41, 5.74) is 3.52. The van der Waals surface area contributed by atoms with Crippen molar-refractivity contribution in [2.45, 2.75) is 18.7 Å². The number of anilines is 1. The molecule has 0 fully saturated rings. The highest BCUT2D eigenvalue weighted by Gasteiger charge is 2.14. The zero-order valence-corrected chi connectivity index (χ0v) is 16.1. The molecule has 0 unspecified atom stereocenters.